The van der Waals surface area contributed by atoms with E-state index in [0.29, 0.717) is 0 Å². The molecule has 0 aliphatic heterocycles. The second-order valence-electron chi connectivity index (χ2n) is 4.76. The number of ether oxygens (including phenoxy) is 2. The number of hydrogen-bond donors (Lipinski definition) is 1. The molecular weight excluding hydrogens is 252 g/mol. The van der Waals surface area contributed by atoms with Crippen LogP contribution < -0.4 is 5.32 Å². The summed E-state index contributed by atoms with van der Waals surface area (Å²) < 4.78 is 15.0. The minimum absolute atomic E-state index is 0.0785. The highest BCUT2D eigenvalue weighted by Crippen LogP contribution is 2.19. The zero-order chi connectivity index (χ0) is 14.6. The van der Waals surface area contributed by atoms with Crippen LogP contribution in [0, 0.1) is 6.92 Å². The van der Waals surface area contributed by atoms with Crippen molar-refractivity contribution in [2.75, 3.05) is 11.9 Å². The molecule has 0 aliphatic rings. The highest BCUT2D eigenvalue weighted by Gasteiger charge is 2.24. The molecule has 0 aromatic carbocycles. The van der Waals surface area contributed by atoms with Gasteiger partial charge >= 0.3 is 12.1 Å². The van der Waals surface area contributed by atoms with Gasteiger partial charge in [-0.25, -0.2) is 14.6 Å². The molecule has 1 aromatic heterocycles. The van der Waals surface area contributed by atoms with Gasteiger partial charge in [0.2, 0.25) is 11.6 Å². The van der Waals surface area contributed by atoms with Crippen LogP contribution in [0.2, 0.25) is 0 Å². The molecule has 1 aromatic rings. The third-order valence-corrected chi connectivity index (χ3v) is 1.82. The van der Waals surface area contributed by atoms with E-state index in [1.54, 1.807) is 34.6 Å². The summed E-state index contributed by atoms with van der Waals surface area (Å²) in [6.45, 7) is 8.62. The molecule has 0 bridgehead atoms. The quantitative estimate of drug-likeness (QED) is 0.848. The van der Waals surface area contributed by atoms with Crippen LogP contribution in [0.1, 0.15) is 44.1 Å². The van der Waals surface area contributed by atoms with Gasteiger partial charge < -0.3 is 13.9 Å². The number of aryl methyl sites for hydroxylation is 1. The second kappa shape index (κ2) is 5.73. The van der Waals surface area contributed by atoms with Crippen molar-refractivity contribution in [1.29, 1.82) is 0 Å². The number of oxazole rings is 1. The molecule has 0 saturated carbocycles. The van der Waals surface area contributed by atoms with Crippen molar-refractivity contribution in [3.05, 3.63) is 11.6 Å². The molecule has 1 rings (SSSR count). The Morgan fingerprint density at radius 3 is 2.53 bits per heavy atom. The second-order valence-corrected chi connectivity index (χ2v) is 4.76. The molecule has 0 radical (unpaired) electrons. The van der Waals surface area contributed by atoms with Gasteiger partial charge in [-0.2, -0.15) is 0 Å². The van der Waals surface area contributed by atoms with Crippen molar-refractivity contribution in [2.45, 2.75) is 40.2 Å². The molecule has 1 N–H and O–H groups in total. The van der Waals surface area contributed by atoms with Gasteiger partial charge in [-0.3, -0.25) is 5.32 Å². The Morgan fingerprint density at radius 2 is 2.00 bits per heavy atom. The molecule has 0 aliphatic carbocycles. The summed E-state index contributed by atoms with van der Waals surface area (Å²) in [6, 6.07) is 0. The normalized spacial score (nSPS) is 11.0. The van der Waals surface area contributed by atoms with Gasteiger partial charge in [-0.05, 0) is 27.7 Å². The number of anilines is 1. The predicted molar refractivity (Wildman–Crippen MR) is 67.1 cm³/mol. The molecule has 0 saturated heterocycles. The van der Waals surface area contributed by atoms with Crippen LogP contribution in [-0.2, 0) is 9.47 Å². The average molecular weight is 270 g/mol. The third-order valence-electron chi connectivity index (χ3n) is 1.82. The number of esters is 1. The summed E-state index contributed by atoms with van der Waals surface area (Å²) in [7, 11) is 0. The fourth-order valence-corrected chi connectivity index (χ4v) is 1.25. The first-order valence-corrected chi connectivity index (χ1v) is 5.87. The number of aromatic nitrogens is 1. The molecule has 0 spiro atoms. The largest absolute Gasteiger partial charge is 0.461 e. The number of rotatable bonds is 3. The van der Waals surface area contributed by atoms with Crippen LogP contribution in [0.3, 0.4) is 0 Å². The summed E-state index contributed by atoms with van der Waals surface area (Å²) in [5.74, 6) is -0.496. The van der Waals surface area contributed by atoms with Crippen LogP contribution in [0.15, 0.2) is 4.42 Å². The molecule has 19 heavy (non-hydrogen) atoms. The lowest BCUT2D eigenvalue weighted by molar-refractivity contribution is 0.0521. The van der Waals surface area contributed by atoms with Crippen molar-refractivity contribution in [3.8, 4) is 0 Å². The maximum absolute atomic E-state index is 11.6. The van der Waals surface area contributed by atoms with E-state index in [9.17, 15) is 9.59 Å². The van der Waals surface area contributed by atoms with Gasteiger partial charge in [0.1, 0.15) is 5.60 Å². The minimum Gasteiger partial charge on any atom is -0.461 e. The van der Waals surface area contributed by atoms with E-state index in [0.717, 1.165) is 0 Å². The van der Waals surface area contributed by atoms with Crippen LogP contribution in [0.5, 0.6) is 0 Å². The van der Waals surface area contributed by atoms with E-state index >= 15 is 0 Å². The third kappa shape index (κ3) is 4.61. The Morgan fingerprint density at radius 1 is 1.37 bits per heavy atom. The summed E-state index contributed by atoms with van der Waals surface area (Å²) in [6.07, 6.45) is -0.728. The summed E-state index contributed by atoms with van der Waals surface area (Å²) in [5.41, 5.74) is -0.728. The molecule has 7 heteroatoms. The Hall–Kier alpha value is -2.05. The zero-order valence-electron chi connectivity index (χ0n) is 11.7. The molecule has 0 unspecified atom stereocenters. The number of nitrogens with zero attached hydrogens (tertiary/aromatic N) is 1. The Bertz CT molecular complexity index is 473. The average Bonchev–Trinajstić information content (AvgIpc) is 2.56. The SMILES string of the molecule is CCOC(=O)c1nc(C)oc1NC(=O)OC(C)(C)C. The first kappa shape index (κ1) is 15.0. The molecule has 0 fully saturated rings. The van der Waals surface area contributed by atoms with E-state index in [1.165, 1.54) is 0 Å². The van der Waals surface area contributed by atoms with E-state index < -0.39 is 17.7 Å². The van der Waals surface area contributed by atoms with Crippen molar-refractivity contribution < 1.29 is 23.5 Å². The zero-order valence-corrected chi connectivity index (χ0v) is 11.7. The van der Waals surface area contributed by atoms with E-state index in [2.05, 4.69) is 10.3 Å². The summed E-state index contributed by atoms with van der Waals surface area (Å²) in [4.78, 5) is 27.1. The fraction of sp³-hybridized carbons (Fsp3) is 0.583. The van der Waals surface area contributed by atoms with Gasteiger partial charge in [0, 0.05) is 6.92 Å². The Labute approximate surface area is 111 Å². The highest BCUT2D eigenvalue weighted by molar-refractivity contribution is 5.96. The van der Waals surface area contributed by atoms with E-state index in [1.807, 2.05) is 0 Å². The molecular formula is C12H18N2O5. The number of carbonyl (C=O) groups excluding carboxylic acids is 2. The van der Waals surface area contributed by atoms with Crippen LogP contribution in [-0.4, -0.2) is 29.3 Å². The molecule has 7 nitrogen and oxygen atoms in total. The lowest BCUT2D eigenvalue weighted by Gasteiger charge is -2.19. The molecule has 1 heterocycles. The van der Waals surface area contributed by atoms with E-state index in [4.69, 9.17) is 13.9 Å². The van der Waals surface area contributed by atoms with Gasteiger partial charge in [0.15, 0.2) is 5.89 Å². The van der Waals surface area contributed by atoms with Crippen LogP contribution in [0.25, 0.3) is 0 Å². The lowest BCUT2D eigenvalue weighted by Crippen LogP contribution is -2.27. The first-order valence-electron chi connectivity index (χ1n) is 5.87. The monoisotopic (exact) mass is 270 g/mol. The Kier molecular flexibility index (Phi) is 4.52. The molecule has 0 atom stereocenters. The van der Waals surface area contributed by atoms with Gasteiger partial charge in [0.25, 0.3) is 0 Å². The van der Waals surface area contributed by atoms with E-state index in [-0.39, 0.29) is 24.1 Å². The maximum Gasteiger partial charge on any atom is 0.414 e. The summed E-state index contributed by atoms with van der Waals surface area (Å²) >= 11 is 0. The van der Waals surface area contributed by atoms with Crippen LogP contribution in [0.4, 0.5) is 10.7 Å². The first-order chi connectivity index (χ1) is 8.73. The number of carbonyl (C=O) groups is 2. The van der Waals surface area contributed by atoms with Gasteiger partial charge in [-0.15, -0.1) is 0 Å². The fourth-order valence-electron chi connectivity index (χ4n) is 1.25. The van der Waals surface area contributed by atoms with Crippen molar-refractivity contribution in [2.24, 2.45) is 0 Å². The van der Waals surface area contributed by atoms with Crippen molar-refractivity contribution in [3.63, 3.8) is 0 Å². The highest BCUT2D eigenvalue weighted by atomic mass is 16.6. The maximum atomic E-state index is 11.6. The number of amides is 1. The Balaban J connectivity index is 2.83. The minimum atomic E-state index is -0.728. The van der Waals surface area contributed by atoms with Gasteiger partial charge in [-0.1, -0.05) is 0 Å². The molecule has 106 valence electrons. The van der Waals surface area contributed by atoms with Crippen molar-refractivity contribution >= 4 is 17.9 Å². The topological polar surface area (TPSA) is 90.7 Å². The smallest absolute Gasteiger partial charge is 0.414 e. The standard InChI is InChI=1S/C12H18N2O5/c1-6-17-10(15)8-9(18-7(2)13-8)14-11(16)19-12(3,4)5/h6H2,1-5H3,(H,14,16). The lowest BCUT2D eigenvalue weighted by atomic mass is 10.2. The summed E-state index contributed by atoms with van der Waals surface area (Å²) in [5, 5.41) is 2.34. The van der Waals surface area contributed by atoms with Gasteiger partial charge in [0.05, 0.1) is 6.61 Å². The van der Waals surface area contributed by atoms with Crippen LogP contribution >= 0.6 is 0 Å². The number of nitrogens with one attached hydrogen (secondary N) is 1. The number of hydrogen-bond acceptors (Lipinski definition) is 6. The molecule has 1 amide bonds. The van der Waals surface area contributed by atoms with Crippen molar-refractivity contribution in [1.82, 2.24) is 4.98 Å². The predicted octanol–water partition coefficient (Wildman–Crippen LogP) is 2.51.